The van der Waals surface area contributed by atoms with Crippen LogP contribution in [0.4, 0.5) is 5.69 Å². The van der Waals surface area contributed by atoms with E-state index in [4.69, 9.17) is 10.2 Å². The van der Waals surface area contributed by atoms with Crippen LogP contribution in [0, 0.1) is 13.8 Å². The Morgan fingerprint density at radius 1 is 1.36 bits per heavy atom. The minimum atomic E-state index is -0.393. The highest BCUT2D eigenvalue weighted by atomic mass is 79.9. The molecule has 5 nitrogen and oxygen atoms in total. The Hall–Kier alpha value is -1.73. The van der Waals surface area contributed by atoms with Gasteiger partial charge in [0.25, 0.3) is 5.91 Å². The lowest BCUT2D eigenvalue weighted by Gasteiger charge is -2.30. The Balaban J connectivity index is 1.91. The van der Waals surface area contributed by atoms with E-state index in [9.17, 15) is 4.79 Å². The molecule has 3 N–H and O–H groups in total. The predicted molar refractivity (Wildman–Crippen MR) is 106 cm³/mol. The molecule has 0 saturated heterocycles. The number of furan rings is 1. The van der Waals surface area contributed by atoms with E-state index in [1.807, 2.05) is 38.1 Å². The summed E-state index contributed by atoms with van der Waals surface area (Å²) in [7, 11) is 0. The van der Waals surface area contributed by atoms with Gasteiger partial charge in [-0.3, -0.25) is 9.79 Å². The fourth-order valence-corrected chi connectivity index (χ4v) is 4.39. The third-order valence-electron chi connectivity index (χ3n) is 4.22. The van der Waals surface area contributed by atoms with Gasteiger partial charge in [-0.05, 0) is 57.0 Å². The van der Waals surface area contributed by atoms with Gasteiger partial charge in [0, 0.05) is 21.5 Å². The lowest BCUT2D eigenvalue weighted by Crippen LogP contribution is -2.29. The number of carbonyl (C=O) groups is 1. The summed E-state index contributed by atoms with van der Waals surface area (Å²) in [5.41, 5.74) is 8.04. The van der Waals surface area contributed by atoms with Crippen LogP contribution in [0.1, 0.15) is 40.8 Å². The van der Waals surface area contributed by atoms with Crippen molar-refractivity contribution in [2.45, 2.75) is 32.7 Å². The number of hydrogen-bond acceptors (Lipinski definition) is 5. The fourth-order valence-electron chi connectivity index (χ4n) is 2.92. The van der Waals surface area contributed by atoms with Crippen molar-refractivity contribution < 1.29 is 9.21 Å². The van der Waals surface area contributed by atoms with Crippen LogP contribution in [0.3, 0.4) is 0 Å². The van der Waals surface area contributed by atoms with Crippen molar-refractivity contribution in [1.82, 2.24) is 0 Å². The van der Waals surface area contributed by atoms with Gasteiger partial charge in [-0.2, -0.15) is 0 Å². The second-order valence-electron chi connectivity index (χ2n) is 6.37. The Labute approximate surface area is 159 Å². The Kier molecular flexibility index (Phi) is 4.97. The lowest BCUT2D eigenvalue weighted by atomic mass is 9.89. The van der Waals surface area contributed by atoms with Gasteiger partial charge in [-0.15, -0.1) is 0 Å². The van der Waals surface area contributed by atoms with E-state index in [-0.39, 0.29) is 5.91 Å². The molecule has 1 aliphatic heterocycles. The van der Waals surface area contributed by atoms with Crippen molar-refractivity contribution in [3.8, 4) is 0 Å². The van der Waals surface area contributed by atoms with Crippen molar-refractivity contribution in [3.05, 3.63) is 51.4 Å². The number of rotatable bonds is 3. The predicted octanol–water partition coefficient (Wildman–Crippen LogP) is 4.58. The van der Waals surface area contributed by atoms with Gasteiger partial charge in [0.2, 0.25) is 0 Å². The topological polar surface area (TPSA) is 80.6 Å². The first-order chi connectivity index (χ1) is 11.8. The third-order valence-corrected chi connectivity index (χ3v) is 5.47. The SMILES string of the molecule is Cc1cc(C)c(C(=O)Nc2cc(Br)cc(C3(C)CCSC(N)=N3)c2)o1. The smallest absolute Gasteiger partial charge is 0.291 e. The molecular formula is C18H20BrN3O2S. The number of hydrogen-bond donors (Lipinski definition) is 2. The number of carbonyl (C=O) groups excluding carboxylic acids is 1. The summed E-state index contributed by atoms with van der Waals surface area (Å²) in [6, 6.07) is 7.67. The van der Waals surface area contributed by atoms with Crippen molar-refractivity contribution in [2.75, 3.05) is 11.1 Å². The third kappa shape index (κ3) is 3.93. The molecule has 1 aliphatic rings. The molecule has 0 fully saturated rings. The van der Waals surface area contributed by atoms with E-state index in [1.54, 1.807) is 11.8 Å². The first kappa shape index (κ1) is 18.1. The van der Waals surface area contributed by atoms with Gasteiger partial charge in [-0.25, -0.2) is 0 Å². The normalized spacial score (nSPS) is 20.2. The van der Waals surface area contributed by atoms with Crippen molar-refractivity contribution in [3.63, 3.8) is 0 Å². The number of thioether (sulfide) groups is 1. The molecule has 0 radical (unpaired) electrons. The molecule has 7 heteroatoms. The highest BCUT2D eigenvalue weighted by Gasteiger charge is 2.30. The second kappa shape index (κ2) is 6.88. The van der Waals surface area contributed by atoms with E-state index in [1.165, 1.54) is 0 Å². The fraction of sp³-hybridized carbons (Fsp3) is 0.333. The largest absolute Gasteiger partial charge is 0.456 e. The number of amides is 1. The molecule has 2 aromatic rings. The zero-order valence-corrected chi connectivity index (χ0v) is 16.8. The van der Waals surface area contributed by atoms with Crippen LogP contribution in [0.2, 0.25) is 0 Å². The number of nitrogens with zero attached hydrogens (tertiary/aromatic N) is 1. The van der Waals surface area contributed by atoms with Crippen LogP contribution >= 0.6 is 27.7 Å². The van der Waals surface area contributed by atoms with Crippen molar-refractivity contribution >= 4 is 44.5 Å². The molecule has 0 saturated carbocycles. The number of aryl methyl sites for hydroxylation is 2. The summed E-state index contributed by atoms with van der Waals surface area (Å²) < 4.78 is 6.37. The molecule has 1 atom stereocenters. The van der Waals surface area contributed by atoms with Gasteiger partial charge >= 0.3 is 0 Å². The van der Waals surface area contributed by atoms with Crippen LogP contribution in [0.15, 0.2) is 38.1 Å². The van der Waals surface area contributed by atoms with E-state index < -0.39 is 5.54 Å². The molecule has 0 bridgehead atoms. The van der Waals surface area contributed by atoms with Crippen LogP contribution < -0.4 is 11.1 Å². The summed E-state index contributed by atoms with van der Waals surface area (Å²) in [6.45, 7) is 5.74. The number of aliphatic imine (C=N–C) groups is 1. The van der Waals surface area contributed by atoms with Crippen LogP contribution in [-0.4, -0.2) is 16.8 Å². The number of nitrogens with one attached hydrogen (secondary N) is 1. The van der Waals surface area contributed by atoms with Gasteiger partial charge in [0.15, 0.2) is 10.9 Å². The molecule has 3 rings (SSSR count). The van der Waals surface area contributed by atoms with E-state index in [2.05, 4.69) is 33.2 Å². The van der Waals surface area contributed by atoms with Gasteiger partial charge in [-0.1, -0.05) is 27.7 Å². The molecular weight excluding hydrogens is 402 g/mol. The molecule has 0 spiro atoms. The molecule has 1 unspecified atom stereocenters. The van der Waals surface area contributed by atoms with Gasteiger partial charge in [0.05, 0.1) is 5.54 Å². The number of nitrogens with two attached hydrogens (primary N) is 1. The summed E-state index contributed by atoms with van der Waals surface area (Å²) in [6.07, 6.45) is 0.888. The maximum atomic E-state index is 12.5. The standard InChI is InChI=1S/C18H20BrN3O2S/c1-10-6-11(2)24-15(10)16(23)21-14-8-12(7-13(19)9-14)18(3)4-5-25-17(20)22-18/h6-9H,4-5H2,1-3H3,(H2,20,22)(H,21,23). The number of amidine groups is 1. The van der Waals surface area contributed by atoms with Crippen molar-refractivity contribution in [2.24, 2.45) is 10.7 Å². The number of benzene rings is 1. The monoisotopic (exact) mass is 421 g/mol. The summed E-state index contributed by atoms with van der Waals surface area (Å²) in [4.78, 5) is 17.1. The first-order valence-electron chi connectivity index (χ1n) is 7.94. The van der Waals surface area contributed by atoms with Crippen molar-refractivity contribution in [1.29, 1.82) is 0 Å². The molecule has 132 valence electrons. The summed E-state index contributed by atoms with van der Waals surface area (Å²) in [5.74, 6) is 1.71. The maximum absolute atomic E-state index is 12.5. The highest BCUT2D eigenvalue weighted by molar-refractivity contribution is 9.10. The zero-order valence-electron chi connectivity index (χ0n) is 14.4. The Morgan fingerprint density at radius 3 is 2.76 bits per heavy atom. The van der Waals surface area contributed by atoms with E-state index >= 15 is 0 Å². The van der Waals surface area contributed by atoms with Crippen LogP contribution in [-0.2, 0) is 5.54 Å². The van der Waals surface area contributed by atoms with Crippen LogP contribution in [0.5, 0.6) is 0 Å². The second-order valence-corrected chi connectivity index (χ2v) is 8.41. The zero-order chi connectivity index (χ0) is 18.2. The molecule has 25 heavy (non-hydrogen) atoms. The molecule has 1 aromatic carbocycles. The Bertz CT molecular complexity index is 862. The van der Waals surface area contributed by atoms with E-state index in [0.717, 1.165) is 33.5 Å². The number of halogens is 1. The Morgan fingerprint density at radius 2 is 2.12 bits per heavy atom. The average molecular weight is 422 g/mol. The minimum absolute atomic E-state index is 0.262. The first-order valence-corrected chi connectivity index (χ1v) is 9.72. The van der Waals surface area contributed by atoms with Gasteiger partial charge in [0.1, 0.15) is 5.76 Å². The average Bonchev–Trinajstić information content (AvgIpc) is 2.85. The minimum Gasteiger partial charge on any atom is -0.456 e. The lowest BCUT2D eigenvalue weighted by molar-refractivity contribution is 0.0994. The maximum Gasteiger partial charge on any atom is 0.291 e. The number of anilines is 1. The molecule has 1 aromatic heterocycles. The van der Waals surface area contributed by atoms with E-state index in [0.29, 0.717) is 16.6 Å². The van der Waals surface area contributed by atoms with Crippen LogP contribution in [0.25, 0.3) is 0 Å². The quantitative estimate of drug-likeness (QED) is 0.759. The molecule has 1 amide bonds. The molecule has 0 aliphatic carbocycles. The molecule has 2 heterocycles. The summed E-state index contributed by atoms with van der Waals surface area (Å²) >= 11 is 5.09. The van der Waals surface area contributed by atoms with Gasteiger partial charge < -0.3 is 15.5 Å². The summed E-state index contributed by atoms with van der Waals surface area (Å²) in [5, 5.41) is 3.51. The highest BCUT2D eigenvalue weighted by Crippen LogP contribution is 2.37.